The number of carbonyl (C=O) groups is 1. The molecule has 0 heterocycles. The fraction of sp³-hybridized carbons (Fsp3) is 0.667. The standard InChI is InChI=1S/C3H6O3.Na.H/c4-2-1-3-6-5;;/h2,5H,1,3H2;;/q;+1;-1. The largest absolute Gasteiger partial charge is 1.00 e. The Balaban J connectivity index is -0.000000125. The van der Waals surface area contributed by atoms with E-state index in [0.717, 1.165) is 0 Å². The van der Waals surface area contributed by atoms with Gasteiger partial charge in [0, 0.05) is 6.42 Å². The average molecular weight is 114 g/mol. The molecule has 4 heteroatoms. The van der Waals surface area contributed by atoms with Gasteiger partial charge in [-0.2, -0.15) is 0 Å². The van der Waals surface area contributed by atoms with Crippen molar-refractivity contribution in [1.29, 1.82) is 0 Å². The fourth-order valence-corrected chi connectivity index (χ4v) is 0.101. The Morgan fingerprint density at radius 3 is 2.57 bits per heavy atom. The van der Waals surface area contributed by atoms with Crippen molar-refractivity contribution in [2.45, 2.75) is 6.42 Å². The van der Waals surface area contributed by atoms with Gasteiger partial charge in [0.2, 0.25) is 0 Å². The molecule has 0 aliphatic carbocycles. The Hall–Kier alpha value is 0.590. The zero-order chi connectivity index (χ0) is 4.83. The van der Waals surface area contributed by atoms with Gasteiger partial charge < -0.3 is 6.22 Å². The van der Waals surface area contributed by atoms with Gasteiger partial charge in [0.15, 0.2) is 0 Å². The summed E-state index contributed by atoms with van der Waals surface area (Å²) >= 11 is 0. The van der Waals surface area contributed by atoms with Crippen LogP contribution in [-0.4, -0.2) is 18.2 Å². The van der Waals surface area contributed by atoms with Gasteiger partial charge in [-0.05, 0) is 0 Å². The molecule has 38 valence electrons. The van der Waals surface area contributed by atoms with Gasteiger partial charge in [0.05, 0.1) is 6.61 Å². The van der Waals surface area contributed by atoms with E-state index >= 15 is 0 Å². The van der Waals surface area contributed by atoms with Crippen molar-refractivity contribution in [2.75, 3.05) is 6.61 Å². The number of hydrogen-bond acceptors (Lipinski definition) is 3. The fourth-order valence-electron chi connectivity index (χ4n) is 0.101. The molecule has 3 nitrogen and oxygen atoms in total. The summed E-state index contributed by atoms with van der Waals surface area (Å²) in [6.45, 7) is 0.101. The quantitative estimate of drug-likeness (QED) is 0.141. The minimum atomic E-state index is 0. The number of carbonyl (C=O) groups excluding carboxylic acids is 1. The van der Waals surface area contributed by atoms with Crippen LogP contribution in [0.15, 0.2) is 0 Å². The molecule has 0 aliphatic rings. The van der Waals surface area contributed by atoms with Gasteiger partial charge >= 0.3 is 29.6 Å². The summed E-state index contributed by atoms with van der Waals surface area (Å²) in [7, 11) is 0. The van der Waals surface area contributed by atoms with Crippen LogP contribution in [-0.2, 0) is 9.68 Å². The normalized spacial score (nSPS) is 7.00. The van der Waals surface area contributed by atoms with Crippen molar-refractivity contribution in [2.24, 2.45) is 0 Å². The SMILES string of the molecule is O=CCCOO.[H-].[Na+]. The minimum Gasteiger partial charge on any atom is -1.00 e. The summed E-state index contributed by atoms with van der Waals surface area (Å²) in [4.78, 5) is 12.9. The maximum atomic E-state index is 9.37. The van der Waals surface area contributed by atoms with Crippen LogP contribution in [0.1, 0.15) is 7.85 Å². The van der Waals surface area contributed by atoms with Crippen molar-refractivity contribution in [3.8, 4) is 0 Å². The van der Waals surface area contributed by atoms with Gasteiger partial charge in [-0.15, -0.1) is 0 Å². The van der Waals surface area contributed by atoms with Gasteiger partial charge in [0.1, 0.15) is 6.29 Å². The molecule has 0 unspecified atom stereocenters. The van der Waals surface area contributed by atoms with Crippen LogP contribution in [0.5, 0.6) is 0 Å². The van der Waals surface area contributed by atoms with Crippen LogP contribution >= 0.6 is 0 Å². The second-order valence-electron chi connectivity index (χ2n) is 0.789. The number of aldehydes is 1. The average Bonchev–Trinajstić information content (AvgIpc) is 1.61. The molecule has 0 bridgehead atoms. The first-order valence-corrected chi connectivity index (χ1v) is 1.62. The first kappa shape index (κ1) is 10.5. The Morgan fingerprint density at radius 2 is 2.43 bits per heavy atom. The number of hydrogen-bond donors (Lipinski definition) is 1. The summed E-state index contributed by atoms with van der Waals surface area (Å²) in [5, 5.41) is 7.54. The molecule has 0 aromatic heterocycles. The maximum Gasteiger partial charge on any atom is 1.00 e. The Bertz CT molecular complexity index is 43.5. The molecular formula is C3H7NaO3. The third-order valence-electron chi connectivity index (χ3n) is 0.327. The second-order valence-corrected chi connectivity index (χ2v) is 0.789. The minimum absolute atomic E-state index is 0. The van der Waals surface area contributed by atoms with E-state index < -0.39 is 0 Å². The Morgan fingerprint density at radius 1 is 1.86 bits per heavy atom. The van der Waals surface area contributed by atoms with E-state index in [1.165, 1.54) is 0 Å². The summed E-state index contributed by atoms with van der Waals surface area (Å²) in [6, 6.07) is 0. The molecular weight excluding hydrogens is 107 g/mol. The summed E-state index contributed by atoms with van der Waals surface area (Å²) in [6.07, 6.45) is 0.937. The molecule has 7 heavy (non-hydrogen) atoms. The molecule has 0 amide bonds. The van der Waals surface area contributed by atoms with E-state index in [9.17, 15) is 4.79 Å². The van der Waals surface area contributed by atoms with Crippen molar-refractivity contribution in [1.82, 2.24) is 0 Å². The van der Waals surface area contributed by atoms with Crippen LogP contribution in [0.2, 0.25) is 0 Å². The maximum absolute atomic E-state index is 9.37. The molecule has 0 aliphatic heterocycles. The van der Waals surface area contributed by atoms with Crippen LogP contribution in [0.3, 0.4) is 0 Å². The zero-order valence-electron chi connectivity index (χ0n) is 5.26. The van der Waals surface area contributed by atoms with Crippen LogP contribution in [0.25, 0.3) is 0 Å². The Kier molecular flexibility index (Phi) is 14.7. The van der Waals surface area contributed by atoms with E-state index in [1.807, 2.05) is 0 Å². The van der Waals surface area contributed by atoms with Crippen LogP contribution in [0.4, 0.5) is 0 Å². The summed E-state index contributed by atoms with van der Waals surface area (Å²) in [5.41, 5.74) is 0. The first-order valence-electron chi connectivity index (χ1n) is 1.62. The van der Waals surface area contributed by atoms with Crippen molar-refractivity contribution in [3.63, 3.8) is 0 Å². The second kappa shape index (κ2) is 9.77. The predicted octanol–water partition coefficient (Wildman–Crippen LogP) is -2.82. The van der Waals surface area contributed by atoms with Gasteiger partial charge in [0.25, 0.3) is 0 Å². The van der Waals surface area contributed by atoms with E-state index in [0.29, 0.717) is 6.29 Å². The van der Waals surface area contributed by atoms with Crippen LogP contribution in [0, 0.1) is 0 Å². The van der Waals surface area contributed by atoms with E-state index in [-0.39, 0.29) is 44.0 Å². The van der Waals surface area contributed by atoms with Crippen molar-refractivity contribution in [3.05, 3.63) is 0 Å². The van der Waals surface area contributed by atoms with Gasteiger partial charge in [-0.1, -0.05) is 0 Å². The molecule has 0 saturated heterocycles. The molecule has 0 spiro atoms. The summed E-state index contributed by atoms with van der Waals surface area (Å²) < 4.78 is 0. The molecule has 0 atom stereocenters. The smallest absolute Gasteiger partial charge is 1.00 e. The third-order valence-corrected chi connectivity index (χ3v) is 0.327. The molecule has 0 fully saturated rings. The summed E-state index contributed by atoms with van der Waals surface area (Å²) in [5.74, 6) is 0. The molecule has 0 rings (SSSR count). The van der Waals surface area contributed by atoms with Gasteiger partial charge in [-0.25, -0.2) is 4.89 Å². The van der Waals surface area contributed by atoms with Crippen molar-refractivity contribution >= 4 is 6.29 Å². The molecule has 0 aromatic rings. The van der Waals surface area contributed by atoms with E-state index in [1.54, 1.807) is 0 Å². The zero-order valence-corrected chi connectivity index (χ0v) is 6.26. The van der Waals surface area contributed by atoms with E-state index in [4.69, 9.17) is 5.26 Å². The van der Waals surface area contributed by atoms with Crippen LogP contribution < -0.4 is 29.6 Å². The molecule has 1 N–H and O–H groups in total. The number of rotatable bonds is 3. The molecule has 0 saturated carbocycles. The molecule has 0 aromatic carbocycles. The topological polar surface area (TPSA) is 46.5 Å². The monoisotopic (exact) mass is 114 g/mol. The third kappa shape index (κ3) is 10.8. The molecule has 0 radical (unpaired) electrons. The van der Waals surface area contributed by atoms with Crippen molar-refractivity contribution < 1.29 is 45.9 Å². The Labute approximate surface area is 65.4 Å². The van der Waals surface area contributed by atoms with Gasteiger partial charge in [-0.3, -0.25) is 5.26 Å². The van der Waals surface area contributed by atoms with E-state index in [2.05, 4.69) is 4.89 Å². The first-order chi connectivity index (χ1) is 2.91. The predicted molar refractivity (Wildman–Crippen MR) is 20.4 cm³/mol.